The molecule has 1 atom stereocenters. The third-order valence-electron chi connectivity index (χ3n) is 4.21. The van der Waals surface area contributed by atoms with Crippen LogP contribution in [-0.2, 0) is 4.79 Å². The molecule has 0 aliphatic carbocycles. The second-order valence-electron chi connectivity index (χ2n) is 6.61. The summed E-state index contributed by atoms with van der Waals surface area (Å²) >= 11 is 0. The molecule has 0 spiro atoms. The Morgan fingerprint density at radius 1 is 1.23 bits per heavy atom. The fourth-order valence-electron chi connectivity index (χ4n) is 3.20. The smallest absolute Gasteiger partial charge is 0.241 e. The summed E-state index contributed by atoms with van der Waals surface area (Å²) in [6.45, 7) is 12.6. The molecule has 2 N–H and O–H groups in total. The SMILES string of the molecule is CCCNC(=O)CN=C(NCC)N1CCCC(C)(CCC)C1. The van der Waals surface area contributed by atoms with Gasteiger partial charge in [-0.25, -0.2) is 4.99 Å². The van der Waals surface area contributed by atoms with Crippen molar-refractivity contribution < 1.29 is 4.79 Å². The van der Waals surface area contributed by atoms with E-state index in [4.69, 9.17) is 0 Å². The summed E-state index contributed by atoms with van der Waals surface area (Å²) in [6.07, 6.45) is 5.91. The maximum Gasteiger partial charge on any atom is 0.241 e. The Hall–Kier alpha value is -1.26. The highest BCUT2D eigenvalue weighted by Crippen LogP contribution is 2.33. The lowest BCUT2D eigenvalue weighted by Crippen LogP contribution is -2.50. The first-order valence-corrected chi connectivity index (χ1v) is 8.84. The van der Waals surface area contributed by atoms with Gasteiger partial charge in [-0.15, -0.1) is 0 Å². The molecule has 0 aromatic rings. The van der Waals surface area contributed by atoms with Crippen LogP contribution < -0.4 is 10.6 Å². The van der Waals surface area contributed by atoms with Crippen LogP contribution in [0.2, 0.25) is 0 Å². The van der Waals surface area contributed by atoms with Crippen LogP contribution in [0.4, 0.5) is 0 Å². The molecular weight excluding hydrogens is 276 g/mol. The van der Waals surface area contributed by atoms with E-state index in [1.54, 1.807) is 0 Å². The van der Waals surface area contributed by atoms with Crippen molar-refractivity contribution in [3.05, 3.63) is 0 Å². The van der Waals surface area contributed by atoms with Gasteiger partial charge in [0.15, 0.2) is 5.96 Å². The summed E-state index contributed by atoms with van der Waals surface area (Å²) in [7, 11) is 0. The number of hydrogen-bond donors (Lipinski definition) is 2. The van der Waals surface area contributed by atoms with Gasteiger partial charge in [-0.05, 0) is 38.0 Å². The maximum absolute atomic E-state index is 11.8. The van der Waals surface area contributed by atoms with Crippen LogP contribution in [0.5, 0.6) is 0 Å². The van der Waals surface area contributed by atoms with Crippen molar-refractivity contribution in [2.45, 2.75) is 59.8 Å². The van der Waals surface area contributed by atoms with Crippen LogP contribution >= 0.6 is 0 Å². The molecule has 1 aliphatic rings. The summed E-state index contributed by atoms with van der Waals surface area (Å²) in [5.74, 6) is 0.891. The minimum absolute atomic E-state index is 0.00517. The molecule has 5 nitrogen and oxygen atoms in total. The van der Waals surface area contributed by atoms with E-state index in [1.165, 1.54) is 25.7 Å². The molecule has 0 bridgehead atoms. The summed E-state index contributed by atoms with van der Waals surface area (Å²) in [5, 5.41) is 6.22. The number of nitrogens with one attached hydrogen (secondary N) is 2. The van der Waals surface area contributed by atoms with Crippen LogP contribution in [0.25, 0.3) is 0 Å². The van der Waals surface area contributed by atoms with Gasteiger partial charge >= 0.3 is 0 Å². The number of carbonyl (C=O) groups is 1. The van der Waals surface area contributed by atoms with Crippen molar-refractivity contribution >= 4 is 11.9 Å². The highest BCUT2D eigenvalue weighted by atomic mass is 16.1. The highest BCUT2D eigenvalue weighted by Gasteiger charge is 2.31. The largest absolute Gasteiger partial charge is 0.357 e. The second-order valence-corrected chi connectivity index (χ2v) is 6.61. The Bertz CT molecular complexity index is 366. The van der Waals surface area contributed by atoms with Crippen LogP contribution in [0.1, 0.15) is 59.8 Å². The van der Waals surface area contributed by atoms with Crippen LogP contribution in [-0.4, -0.2) is 49.5 Å². The zero-order valence-electron chi connectivity index (χ0n) is 14.9. The van der Waals surface area contributed by atoms with Crippen molar-refractivity contribution in [3.63, 3.8) is 0 Å². The normalized spacial score (nSPS) is 22.5. The van der Waals surface area contributed by atoms with E-state index < -0.39 is 0 Å². The number of hydrogen-bond acceptors (Lipinski definition) is 2. The monoisotopic (exact) mass is 310 g/mol. The number of nitrogens with zero attached hydrogens (tertiary/aromatic N) is 2. The van der Waals surface area contributed by atoms with Crippen molar-refractivity contribution in [3.8, 4) is 0 Å². The molecule has 128 valence electrons. The van der Waals surface area contributed by atoms with E-state index in [0.29, 0.717) is 5.41 Å². The van der Waals surface area contributed by atoms with Gasteiger partial charge in [0.2, 0.25) is 5.91 Å². The molecule has 1 rings (SSSR count). The summed E-state index contributed by atoms with van der Waals surface area (Å²) in [5.41, 5.74) is 0.369. The van der Waals surface area contributed by atoms with Crippen molar-refractivity contribution in [1.82, 2.24) is 15.5 Å². The highest BCUT2D eigenvalue weighted by molar-refractivity contribution is 5.85. The van der Waals surface area contributed by atoms with Gasteiger partial charge in [0.1, 0.15) is 6.54 Å². The first-order chi connectivity index (χ1) is 10.5. The molecule has 0 aromatic carbocycles. The number of guanidine groups is 1. The first-order valence-electron chi connectivity index (χ1n) is 8.84. The minimum Gasteiger partial charge on any atom is -0.357 e. The fourth-order valence-corrected chi connectivity index (χ4v) is 3.20. The lowest BCUT2D eigenvalue weighted by Gasteiger charge is -2.42. The quantitative estimate of drug-likeness (QED) is 0.561. The molecule has 1 amide bonds. The minimum atomic E-state index is 0.00517. The predicted octanol–water partition coefficient (Wildman–Crippen LogP) is 2.38. The Morgan fingerprint density at radius 3 is 2.64 bits per heavy atom. The van der Waals surface area contributed by atoms with Crippen molar-refractivity contribution in [1.29, 1.82) is 0 Å². The molecular formula is C17H34N4O. The van der Waals surface area contributed by atoms with Gasteiger partial charge in [-0.3, -0.25) is 4.79 Å². The average molecular weight is 310 g/mol. The molecule has 1 fully saturated rings. The Labute approximate surface area is 135 Å². The third-order valence-corrected chi connectivity index (χ3v) is 4.21. The lowest BCUT2D eigenvalue weighted by atomic mass is 9.78. The molecule has 0 aromatic heterocycles. The molecule has 22 heavy (non-hydrogen) atoms. The number of rotatable bonds is 7. The molecule has 0 saturated carbocycles. The molecule has 0 radical (unpaired) electrons. The topological polar surface area (TPSA) is 56.7 Å². The lowest BCUT2D eigenvalue weighted by molar-refractivity contribution is -0.119. The fraction of sp³-hybridized carbons (Fsp3) is 0.882. The van der Waals surface area contributed by atoms with Gasteiger partial charge in [0.05, 0.1) is 0 Å². The number of piperidine rings is 1. The number of likely N-dealkylation sites (tertiary alicyclic amines) is 1. The summed E-state index contributed by atoms with van der Waals surface area (Å²) in [6, 6.07) is 0. The van der Waals surface area contributed by atoms with Crippen molar-refractivity contribution in [2.75, 3.05) is 32.7 Å². The predicted molar refractivity (Wildman–Crippen MR) is 93.1 cm³/mol. The standard InChI is InChI=1S/C17H34N4O/c1-5-9-17(4)10-8-12-21(14-17)16(18-7-3)20-13-15(22)19-11-6-2/h5-14H2,1-4H3,(H,18,20)(H,19,22). The van der Waals surface area contributed by atoms with E-state index in [0.717, 1.165) is 38.6 Å². The van der Waals surface area contributed by atoms with Gasteiger partial charge in [-0.1, -0.05) is 27.2 Å². The zero-order chi connectivity index (χ0) is 16.4. The Balaban J connectivity index is 2.66. The van der Waals surface area contributed by atoms with Crippen LogP contribution in [0.3, 0.4) is 0 Å². The Kier molecular flexibility index (Phi) is 8.28. The van der Waals surface area contributed by atoms with Gasteiger partial charge in [-0.2, -0.15) is 0 Å². The van der Waals surface area contributed by atoms with Crippen LogP contribution in [0.15, 0.2) is 4.99 Å². The third kappa shape index (κ3) is 6.24. The van der Waals surface area contributed by atoms with Crippen LogP contribution in [0, 0.1) is 5.41 Å². The summed E-state index contributed by atoms with van der Waals surface area (Å²) in [4.78, 5) is 18.6. The summed E-state index contributed by atoms with van der Waals surface area (Å²) < 4.78 is 0. The molecule has 1 unspecified atom stereocenters. The number of amides is 1. The van der Waals surface area contributed by atoms with E-state index in [1.807, 2.05) is 0 Å². The van der Waals surface area contributed by atoms with Gasteiger partial charge in [0, 0.05) is 26.2 Å². The van der Waals surface area contributed by atoms with Gasteiger partial charge < -0.3 is 15.5 Å². The van der Waals surface area contributed by atoms with E-state index in [2.05, 4.69) is 48.2 Å². The first kappa shape index (κ1) is 18.8. The maximum atomic E-state index is 11.8. The molecule has 1 aliphatic heterocycles. The van der Waals surface area contributed by atoms with E-state index in [9.17, 15) is 4.79 Å². The Morgan fingerprint density at radius 2 is 2.00 bits per heavy atom. The molecule has 1 heterocycles. The second kappa shape index (κ2) is 9.70. The average Bonchev–Trinajstić information content (AvgIpc) is 2.49. The molecule has 5 heteroatoms. The van der Waals surface area contributed by atoms with E-state index in [-0.39, 0.29) is 12.5 Å². The number of carbonyl (C=O) groups excluding carboxylic acids is 1. The van der Waals surface area contributed by atoms with Gasteiger partial charge in [0.25, 0.3) is 0 Å². The van der Waals surface area contributed by atoms with E-state index >= 15 is 0 Å². The number of aliphatic imine (C=N–C) groups is 1. The van der Waals surface area contributed by atoms with Crippen molar-refractivity contribution in [2.24, 2.45) is 10.4 Å². The zero-order valence-corrected chi connectivity index (χ0v) is 14.9. The molecule has 1 saturated heterocycles.